The Balaban J connectivity index is 2.46. The molecule has 0 fully saturated rings. The summed E-state index contributed by atoms with van der Waals surface area (Å²) >= 11 is 4.04. The van der Waals surface area contributed by atoms with E-state index in [1.165, 1.54) is 4.68 Å². The van der Waals surface area contributed by atoms with Crippen molar-refractivity contribution >= 4 is 18.6 Å². The Morgan fingerprint density at radius 1 is 1.83 bits per heavy atom. The van der Waals surface area contributed by atoms with Crippen molar-refractivity contribution in [1.29, 1.82) is 0 Å². The third kappa shape index (κ3) is 2.58. The predicted molar refractivity (Wildman–Crippen MR) is 46.1 cm³/mol. The Kier molecular flexibility index (Phi) is 3.16. The monoisotopic (exact) mass is 186 g/mol. The van der Waals surface area contributed by atoms with Gasteiger partial charge in [-0.1, -0.05) is 0 Å². The topological polar surface area (TPSA) is 44.1 Å². The summed E-state index contributed by atoms with van der Waals surface area (Å²) in [5.41, 5.74) is 0. The molecule has 0 radical (unpaired) electrons. The number of hydrogen-bond acceptors (Lipinski definition) is 4. The SMILES string of the molecule is CCOC(=O)Cn1cc(S)cn1. The van der Waals surface area contributed by atoms with Gasteiger partial charge in [0.2, 0.25) is 0 Å². The van der Waals surface area contributed by atoms with Gasteiger partial charge in [0.25, 0.3) is 0 Å². The van der Waals surface area contributed by atoms with Crippen LogP contribution in [0.3, 0.4) is 0 Å². The van der Waals surface area contributed by atoms with Gasteiger partial charge in [-0.2, -0.15) is 5.10 Å². The minimum absolute atomic E-state index is 0.147. The first kappa shape index (κ1) is 9.12. The number of ether oxygens (including phenoxy) is 1. The summed E-state index contributed by atoms with van der Waals surface area (Å²) in [4.78, 5) is 11.6. The van der Waals surface area contributed by atoms with Crippen molar-refractivity contribution in [3.05, 3.63) is 12.4 Å². The van der Waals surface area contributed by atoms with Crippen molar-refractivity contribution in [2.24, 2.45) is 0 Å². The number of hydrogen-bond donors (Lipinski definition) is 1. The number of nitrogens with zero attached hydrogens (tertiary/aromatic N) is 2. The van der Waals surface area contributed by atoms with Crippen molar-refractivity contribution in [1.82, 2.24) is 9.78 Å². The Bertz CT molecular complexity index is 272. The van der Waals surface area contributed by atoms with Crippen molar-refractivity contribution in [3.63, 3.8) is 0 Å². The van der Waals surface area contributed by atoms with E-state index < -0.39 is 0 Å². The van der Waals surface area contributed by atoms with E-state index >= 15 is 0 Å². The minimum Gasteiger partial charge on any atom is -0.465 e. The van der Waals surface area contributed by atoms with Crippen LogP contribution in [0.15, 0.2) is 17.3 Å². The largest absolute Gasteiger partial charge is 0.465 e. The van der Waals surface area contributed by atoms with E-state index in [-0.39, 0.29) is 12.5 Å². The van der Waals surface area contributed by atoms with E-state index in [4.69, 9.17) is 4.74 Å². The molecule has 12 heavy (non-hydrogen) atoms. The van der Waals surface area contributed by atoms with E-state index in [0.29, 0.717) is 6.61 Å². The molecule has 0 aromatic carbocycles. The predicted octanol–water partition coefficient (Wildman–Crippen LogP) is 0.735. The van der Waals surface area contributed by atoms with Gasteiger partial charge in [-0.05, 0) is 6.92 Å². The third-order valence-electron chi connectivity index (χ3n) is 1.22. The molecule has 66 valence electrons. The summed E-state index contributed by atoms with van der Waals surface area (Å²) < 4.78 is 6.22. The number of carbonyl (C=O) groups is 1. The minimum atomic E-state index is -0.283. The maximum Gasteiger partial charge on any atom is 0.327 e. The van der Waals surface area contributed by atoms with Crippen LogP contribution in [-0.2, 0) is 16.1 Å². The lowest BCUT2D eigenvalue weighted by molar-refractivity contribution is -0.144. The van der Waals surface area contributed by atoms with Gasteiger partial charge in [0.05, 0.1) is 12.8 Å². The molecule has 5 heteroatoms. The van der Waals surface area contributed by atoms with Crippen LogP contribution in [0.4, 0.5) is 0 Å². The average molecular weight is 186 g/mol. The van der Waals surface area contributed by atoms with Gasteiger partial charge in [0.15, 0.2) is 0 Å². The number of thiol groups is 1. The fourth-order valence-electron chi connectivity index (χ4n) is 0.778. The fourth-order valence-corrected chi connectivity index (χ4v) is 0.963. The van der Waals surface area contributed by atoms with Crippen molar-refractivity contribution in [2.75, 3.05) is 6.61 Å². The molecule has 0 saturated carbocycles. The molecule has 0 aliphatic carbocycles. The molecule has 1 aromatic heterocycles. The summed E-state index contributed by atoms with van der Waals surface area (Å²) in [5.74, 6) is -0.283. The lowest BCUT2D eigenvalue weighted by Gasteiger charge is -2.00. The normalized spacial score (nSPS) is 9.83. The first-order valence-corrected chi connectivity index (χ1v) is 4.04. The highest BCUT2D eigenvalue weighted by Crippen LogP contribution is 2.01. The summed E-state index contributed by atoms with van der Waals surface area (Å²) in [6.07, 6.45) is 3.24. The molecule has 0 aliphatic rings. The zero-order valence-electron chi connectivity index (χ0n) is 6.73. The maximum absolute atomic E-state index is 10.9. The molecule has 4 nitrogen and oxygen atoms in total. The van der Waals surface area contributed by atoms with Gasteiger partial charge in [-0.15, -0.1) is 12.6 Å². The first-order valence-electron chi connectivity index (χ1n) is 3.59. The van der Waals surface area contributed by atoms with E-state index in [2.05, 4.69) is 17.7 Å². The van der Waals surface area contributed by atoms with Gasteiger partial charge in [-0.3, -0.25) is 9.48 Å². The van der Waals surface area contributed by atoms with Gasteiger partial charge < -0.3 is 4.74 Å². The van der Waals surface area contributed by atoms with Gasteiger partial charge in [0, 0.05) is 11.1 Å². The zero-order chi connectivity index (χ0) is 8.97. The van der Waals surface area contributed by atoms with Crippen LogP contribution in [0.5, 0.6) is 0 Å². The molecular weight excluding hydrogens is 176 g/mol. The Morgan fingerprint density at radius 2 is 2.58 bits per heavy atom. The van der Waals surface area contributed by atoms with Crippen molar-refractivity contribution < 1.29 is 9.53 Å². The molecule has 0 N–H and O–H groups in total. The van der Waals surface area contributed by atoms with Gasteiger partial charge >= 0.3 is 5.97 Å². The number of rotatable bonds is 3. The second-order valence-corrected chi connectivity index (χ2v) is 2.72. The van der Waals surface area contributed by atoms with E-state index in [1.807, 2.05) is 0 Å². The Morgan fingerprint density at radius 3 is 3.08 bits per heavy atom. The second kappa shape index (κ2) is 4.15. The van der Waals surface area contributed by atoms with Crippen LogP contribution in [-0.4, -0.2) is 22.4 Å². The third-order valence-corrected chi connectivity index (χ3v) is 1.45. The molecule has 0 saturated heterocycles. The summed E-state index contributed by atoms with van der Waals surface area (Å²) in [6.45, 7) is 2.31. The van der Waals surface area contributed by atoms with Crippen LogP contribution in [0.2, 0.25) is 0 Å². The smallest absolute Gasteiger partial charge is 0.327 e. The van der Waals surface area contributed by atoms with Crippen LogP contribution in [0, 0.1) is 0 Å². The number of esters is 1. The van der Waals surface area contributed by atoms with E-state index in [1.54, 1.807) is 19.3 Å². The molecule has 0 unspecified atom stereocenters. The van der Waals surface area contributed by atoms with Crippen LogP contribution < -0.4 is 0 Å². The molecular formula is C7H10N2O2S. The molecule has 1 heterocycles. The summed E-state index contributed by atoms with van der Waals surface area (Å²) in [5, 5.41) is 3.88. The highest BCUT2D eigenvalue weighted by molar-refractivity contribution is 7.80. The fraction of sp³-hybridized carbons (Fsp3) is 0.429. The molecule has 0 spiro atoms. The lowest BCUT2D eigenvalue weighted by Crippen LogP contribution is -2.13. The average Bonchev–Trinajstić information content (AvgIpc) is 2.36. The highest BCUT2D eigenvalue weighted by atomic mass is 32.1. The van der Waals surface area contributed by atoms with Crippen molar-refractivity contribution in [3.8, 4) is 0 Å². The molecule has 1 rings (SSSR count). The van der Waals surface area contributed by atoms with Gasteiger partial charge in [0.1, 0.15) is 6.54 Å². The van der Waals surface area contributed by atoms with E-state index in [9.17, 15) is 4.79 Å². The summed E-state index contributed by atoms with van der Waals surface area (Å²) in [7, 11) is 0. The summed E-state index contributed by atoms with van der Waals surface area (Å²) in [6, 6.07) is 0. The lowest BCUT2D eigenvalue weighted by atomic mass is 10.6. The molecule has 0 aliphatic heterocycles. The van der Waals surface area contributed by atoms with Crippen LogP contribution in [0.25, 0.3) is 0 Å². The standard InChI is InChI=1S/C7H10N2O2S/c1-2-11-7(10)5-9-4-6(12)3-8-9/h3-4,12H,2,5H2,1H3. The number of aromatic nitrogens is 2. The molecule has 0 bridgehead atoms. The first-order chi connectivity index (χ1) is 5.72. The second-order valence-electron chi connectivity index (χ2n) is 2.20. The maximum atomic E-state index is 10.9. The van der Waals surface area contributed by atoms with Crippen LogP contribution >= 0.6 is 12.6 Å². The molecule has 1 aromatic rings. The molecule has 0 amide bonds. The van der Waals surface area contributed by atoms with Gasteiger partial charge in [-0.25, -0.2) is 0 Å². The molecule has 0 atom stereocenters. The van der Waals surface area contributed by atoms with E-state index in [0.717, 1.165) is 4.90 Å². The Hall–Kier alpha value is -0.970. The highest BCUT2D eigenvalue weighted by Gasteiger charge is 2.02. The quantitative estimate of drug-likeness (QED) is 0.559. The van der Waals surface area contributed by atoms with Crippen molar-refractivity contribution in [2.45, 2.75) is 18.4 Å². The Labute approximate surface area is 75.9 Å². The zero-order valence-corrected chi connectivity index (χ0v) is 7.62. The van der Waals surface area contributed by atoms with Crippen LogP contribution in [0.1, 0.15) is 6.92 Å². The number of carbonyl (C=O) groups excluding carboxylic acids is 1.